The minimum Gasteiger partial charge on any atom is -0.340 e. The van der Waals surface area contributed by atoms with Gasteiger partial charge in [-0.15, -0.1) is 0 Å². The van der Waals surface area contributed by atoms with E-state index in [4.69, 9.17) is 0 Å². The highest BCUT2D eigenvalue weighted by atomic mass is 16.2. The predicted octanol–water partition coefficient (Wildman–Crippen LogP) is 1.73. The van der Waals surface area contributed by atoms with E-state index in [9.17, 15) is 4.79 Å². The summed E-state index contributed by atoms with van der Waals surface area (Å²) in [5.74, 6) is 1.09. The molecule has 2 fully saturated rings. The van der Waals surface area contributed by atoms with Crippen LogP contribution in [0.25, 0.3) is 0 Å². The highest BCUT2D eigenvalue weighted by molar-refractivity contribution is 5.77. The maximum absolute atomic E-state index is 11.7. The largest absolute Gasteiger partial charge is 0.340 e. The fourth-order valence-electron chi connectivity index (χ4n) is 2.65. The number of hydrogen-bond donors (Lipinski definition) is 0. The lowest BCUT2D eigenvalue weighted by Gasteiger charge is -2.37. The molecule has 2 heterocycles. The Balaban J connectivity index is 1.75. The molecule has 0 unspecified atom stereocenters. The summed E-state index contributed by atoms with van der Waals surface area (Å²) in [4.78, 5) is 16.3. The van der Waals surface area contributed by atoms with Crippen LogP contribution in [0.3, 0.4) is 0 Å². The van der Waals surface area contributed by atoms with Crippen molar-refractivity contribution in [1.29, 1.82) is 0 Å². The van der Waals surface area contributed by atoms with Crippen molar-refractivity contribution >= 4 is 5.91 Å². The maximum Gasteiger partial charge on any atom is 0.222 e. The van der Waals surface area contributed by atoms with Crippen LogP contribution in [0, 0.1) is 5.92 Å². The van der Waals surface area contributed by atoms with Crippen LogP contribution in [0.15, 0.2) is 0 Å². The number of likely N-dealkylation sites (tertiary alicyclic amines) is 2. The van der Waals surface area contributed by atoms with Gasteiger partial charge < -0.3 is 9.80 Å². The SMILES string of the molecule is CC(C)N1C[C@H](CCN2CCC2)CCC1=O. The normalized spacial score (nSPS) is 27.3. The molecule has 2 rings (SSSR count). The van der Waals surface area contributed by atoms with E-state index in [1.807, 2.05) is 0 Å². The highest BCUT2D eigenvalue weighted by Crippen LogP contribution is 2.23. The molecule has 2 aliphatic rings. The minimum atomic E-state index is 0.357. The second kappa shape index (κ2) is 5.17. The zero-order valence-electron chi connectivity index (χ0n) is 10.6. The van der Waals surface area contributed by atoms with E-state index in [2.05, 4.69) is 23.6 Å². The lowest BCUT2D eigenvalue weighted by atomic mass is 9.93. The van der Waals surface area contributed by atoms with Crippen LogP contribution in [0.1, 0.15) is 39.5 Å². The molecule has 0 bridgehead atoms. The lowest BCUT2D eigenvalue weighted by Crippen LogP contribution is -2.45. The van der Waals surface area contributed by atoms with Crippen LogP contribution in [0.4, 0.5) is 0 Å². The smallest absolute Gasteiger partial charge is 0.222 e. The Labute approximate surface area is 98.8 Å². The molecule has 92 valence electrons. The number of amides is 1. The van der Waals surface area contributed by atoms with Gasteiger partial charge in [-0.3, -0.25) is 4.79 Å². The van der Waals surface area contributed by atoms with E-state index in [0.717, 1.165) is 25.3 Å². The van der Waals surface area contributed by atoms with Gasteiger partial charge in [0.05, 0.1) is 0 Å². The van der Waals surface area contributed by atoms with Crippen molar-refractivity contribution in [3.05, 3.63) is 0 Å². The number of nitrogens with zero attached hydrogens (tertiary/aromatic N) is 2. The van der Waals surface area contributed by atoms with Gasteiger partial charge in [-0.25, -0.2) is 0 Å². The zero-order valence-corrected chi connectivity index (χ0v) is 10.6. The monoisotopic (exact) mass is 224 g/mol. The van der Waals surface area contributed by atoms with Gasteiger partial charge in [0.2, 0.25) is 5.91 Å². The van der Waals surface area contributed by atoms with E-state index in [1.165, 1.54) is 32.5 Å². The molecule has 0 N–H and O–H groups in total. The molecule has 3 heteroatoms. The first-order valence-corrected chi connectivity index (χ1v) is 6.68. The lowest BCUT2D eigenvalue weighted by molar-refractivity contribution is -0.136. The van der Waals surface area contributed by atoms with Gasteiger partial charge in [0.1, 0.15) is 0 Å². The summed E-state index contributed by atoms with van der Waals surface area (Å²) >= 11 is 0. The maximum atomic E-state index is 11.7. The van der Waals surface area contributed by atoms with Crippen LogP contribution in [-0.2, 0) is 4.79 Å². The number of rotatable bonds is 4. The molecule has 0 radical (unpaired) electrons. The average Bonchev–Trinajstić information content (AvgIpc) is 2.17. The summed E-state index contributed by atoms with van der Waals surface area (Å²) < 4.78 is 0. The number of carbonyl (C=O) groups excluding carboxylic acids is 1. The van der Waals surface area contributed by atoms with Gasteiger partial charge in [0.25, 0.3) is 0 Å². The van der Waals surface area contributed by atoms with Gasteiger partial charge >= 0.3 is 0 Å². The molecular weight excluding hydrogens is 200 g/mol. The third-order valence-corrected chi connectivity index (χ3v) is 3.97. The Morgan fingerprint density at radius 1 is 1.38 bits per heavy atom. The summed E-state index contributed by atoms with van der Waals surface area (Å²) in [6, 6.07) is 0.374. The second-order valence-electron chi connectivity index (χ2n) is 5.53. The molecule has 0 aromatic carbocycles. The highest BCUT2D eigenvalue weighted by Gasteiger charge is 2.27. The van der Waals surface area contributed by atoms with Crippen LogP contribution >= 0.6 is 0 Å². The summed E-state index contributed by atoms with van der Waals surface area (Å²) in [7, 11) is 0. The van der Waals surface area contributed by atoms with Crippen LogP contribution in [0.5, 0.6) is 0 Å². The Kier molecular flexibility index (Phi) is 3.85. The predicted molar refractivity (Wildman–Crippen MR) is 65.2 cm³/mol. The van der Waals surface area contributed by atoms with Crippen molar-refractivity contribution in [2.45, 2.75) is 45.6 Å². The summed E-state index contributed by atoms with van der Waals surface area (Å²) in [5.41, 5.74) is 0. The van der Waals surface area contributed by atoms with Crippen molar-refractivity contribution in [1.82, 2.24) is 9.80 Å². The quantitative estimate of drug-likeness (QED) is 0.726. The van der Waals surface area contributed by atoms with Crippen molar-refractivity contribution in [2.75, 3.05) is 26.2 Å². The Bertz CT molecular complexity index is 248. The third kappa shape index (κ3) is 2.76. The Morgan fingerprint density at radius 3 is 2.69 bits per heavy atom. The van der Waals surface area contributed by atoms with Crippen LogP contribution in [-0.4, -0.2) is 47.9 Å². The molecule has 2 aliphatic heterocycles. The van der Waals surface area contributed by atoms with E-state index in [0.29, 0.717) is 11.9 Å². The number of piperidine rings is 1. The third-order valence-electron chi connectivity index (χ3n) is 3.97. The first kappa shape index (κ1) is 11.9. The van der Waals surface area contributed by atoms with Gasteiger partial charge in [0, 0.05) is 19.0 Å². The van der Waals surface area contributed by atoms with Crippen molar-refractivity contribution in [2.24, 2.45) is 5.92 Å². The Morgan fingerprint density at radius 2 is 2.12 bits per heavy atom. The van der Waals surface area contributed by atoms with Crippen molar-refractivity contribution in [3.63, 3.8) is 0 Å². The Hall–Kier alpha value is -0.570. The van der Waals surface area contributed by atoms with Gasteiger partial charge in [-0.05, 0) is 58.7 Å². The fourth-order valence-corrected chi connectivity index (χ4v) is 2.65. The van der Waals surface area contributed by atoms with Gasteiger partial charge in [0.15, 0.2) is 0 Å². The molecule has 3 nitrogen and oxygen atoms in total. The summed E-state index contributed by atoms with van der Waals surface area (Å²) in [6.45, 7) is 9.06. The molecule has 0 aromatic rings. The average molecular weight is 224 g/mol. The molecule has 2 saturated heterocycles. The van der Waals surface area contributed by atoms with Crippen molar-refractivity contribution < 1.29 is 4.79 Å². The van der Waals surface area contributed by atoms with Crippen molar-refractivity contribution in [3.8, 4) is 0 Å². The molecular formula is C13H24N2O. The first-order chi connectivity index (χ1) is 7.66. The van der Waals surface area contributed by atoms with E-state index in [-0.39, 0.29) is 0 Å². The van der Waals surface area contributed by atoms with E-state index >= 15 is 0 Å². The molecule has 0 aliphatic carbocycles. The standard InChI is InChI=1S/C13H24N2O/c1-11(2)15-10-12(4-5-13(15)16)6-9-14-7-3-8-14/h11-12H,3-10H2,1-2H3/t12-/m0/s1. The fraction of sp³-hybridized carbons (Fsp3) is 0.923. The van der Waals surface area contributed by atoms with E-state index < -0.39 is 0 Å². The summed E-state index contributed by atoms with van der Waals surface area (Å²) in [5, 5.41) is 0. The number of carbonyl (C=O) groups is 1. The zero-order chi connectivity index (χ0) is 11.5. The minimum absolute atomic E-state index is 0.357. The second-order valence-corrected chi connectivity index (χ2v) is 5.53. The topological polar surface area (TPSA) is 23.6 Å². The van der Waals surface area contributed by atoms with Gasteiger partial charge in [-0.1, -0.05) is 0 Å². The van der Waals surface area contributed by atoms with Gasteiger partial charge in [-0.2, -0.15) is 0 Å². The molecule has 0 aromatic heterocycles. The molecule has 0 spiro atoms. The molecule has 1 atom stereocenters. The van der Waals surface area contributed by atoms with Crippen LogP contribution < -0.4 is 0 Å². The molecule has 16 heavy (non-hydrogen) atoms. The van der Waals surface area contributed by atoms with Crippen LogP contribution in [0.2, 0.25) is 0 Å². The number of hydrogen-bond acceptors (Lipinski definition) is 2. The van der Waals surface area contributed by atoms with E-state index in [1.54, 1.807) is 0 Å². The molecule has 0 saturated carbocycles. The molecule has 1 amide bonds. The first-order valence-electron chi connectivity index (χ1n) is 6.68. The summed E-state index contributed by atoms with van der Waals surface area (Å²) in [6.07, 6.45) is 4.52.